The Bertz CT molecular complexity index is 1120. The van der Waals surface area contributed by atoms with Crippen LogP contribution in [0.15, 0.2) is 79.1 Å². The van der Waals surface area contributed by atoms with Crippen LogP contribution in [0.5, 0.6) is 0 Å². The maximum atomic E-state index is 4.73. The lowest BCUT2D eigenvalue weighted by Gasteiger charge is -2.23. The molecule has 0 saturated carbocycles. The smallest absolute Gasteiger partial charge is 0.144 e. The second kappa shape index (κ2) is 8.93. The van der Waals surface area contributed by atoms with E-state index in [4.69, 9.17) is 4.98 Å². The molecule has 2 nitrogen and oxygen atoms in total. The van der Waals surface area contributed by atoms with Gasteiger partial charge in [-0.25, -0.2) is 4.98 Å². The van der Waals surface area contributed by atoms with Gasteiger partial charge >= 0.3 is 0 Å². The molecule has 0 aliphatic heterocycles. The molecule has 0 N–H and O–H groups in total. The van der Waals surface area contributed by atoms with E-state index >= 15 is 0 Å². The molecule has 0 unspecified atom stereocenters. The molecule has 4 rings (SSSR count). The fourth-order valence-corrected chi connectivity index (χ4v) is 4.22. The highest BCUT2D eigenvalue weighted by Crippen LogP contribution is 2.37. The highest BCUT2D eigenvalue weighted by Gasteiger charge is 2.20. The summed E-state index contributed by atoms with van der Waals surface area (Å²) in [7, 11) is 0. The molecule has 4 aromatic rings. The van der Waals surface area contributed by atoms with Crippen LogP contribution in [0.3, 0.4) is 0 Å². The lowest BCUT2D eigenvalue weighted by atomic mass is 9.88. The molecule has 158 valence electrons. The first-order chi connectivity index (χ1) is 15.0. The minimum absolute atomic E-state index is 0.397. The van der Waals surface area contributed by atoms with E-state index in [1.807, 2.05) is 6.20 Å². The van der Waals surface area contributed by atoms with Crippen LogP contribution in [0.1, 0.15) is 63.1 Å². The number of aryl methyl sites for hydroxylation is 1. The predicted molar refractivity (Wildman–Crippen MR) is 132 cm³/mol. The molecule has 0 amide bonds. The van der Waals surface area contributed by atoms with Crippen LogP contribution < -0.4 is 0 Å². The highest BCUT2D eigenvalue weighted by atomic mass is 15.1. The van der Waals surface area contributed by atoms with Crippen LogP contribution in [-0.4, -0.2) is 9.55 Å². The largest absolute Gasteiger partial charge is 0.299 e. The summed E-state index contributed by atoms with van der Waals surface area (Å²) in [5, 5.41) is 0. The summed E-state index contributed by atoms with van der Waals surface area (Å²) in [6, 6.07) is 24.2. The number of rotatable bonds is 6. The van der Waals surface area contributed by atoms with Crippen molar-refractivity contribution in [3.05, 3.63) is 95.8 Å². The summed E-state index contributed by atoms with van der Waals surface area (Å²) in [5.74, 6) is 1.78. The Labute approximate surface area is 186 Å². The summed E-state index contributed by atoms with van der Waals surface area (Å²) in [5.41, 5.74) is 9.07. The molecule has 0 fully saturated rings. The third-order valence-electron chi connectivity index (χ3n) is 6.02. The average molecular weight is 409 g/mol. The molecule has 31 heavy (non-hydrogen) atoms. The molecule has 2 heteroatoms. The number of benzene rings is 3. The van der Waals surface area contributed by atoms with Gasteiger partial charge in [-0.3, -0.25) is 4.57 Å². The number of nitrogens with zero attached hydrogens (tertiary/aromatic N) is 2. The van der Waals surface area contributed by atoms with E-state index in [-0.39, 0.29) is 0 Å². The fourth-order valence-electron chi connectivity index (χ4n) is 4.22. The normalized spacial score (nSPS) is 11.5. The summed E-state index contributed by atoms with van der Waals surface area (Å²) < 4.78 is 2.28. The van der Waals surface area contributed by atoms with Gasteiger partial charge < -0.3 is 0 Å². The predicted octanol–water partition coefficient (Wildman–Crippen LogP) is 8.02. The van der Waals surface area contributed by atoms with Crippen molar-refractivity contribution in [2.45, 2.75) is 52.9 Å². The summed E-state index contributed by atoms with van der Waals surface area (Å²) in [4.78, 5) is 4.73. The molecule has 0 aliphatic rings. The van der Waals surface area contributed by atoms with E-state index in [0.717, 1.165) is 17.8 Å². The molecule has 0 spiro atoms. The topological polar surface area (TPSA) is 17.8 Å². The Hall–Kier alpha value is -3.13. The fraction of sp³-hybridized carbons (Fsp3) is 0.276. The van der Waals surface area contributed by atoms with Crippen LogP contribution in [0, 0.1) is 0 Å². The third kappa shape index (κ3) is 4.20. The van der Waals surface area contributed by atoms with Gasteiger partial charge in [-0.2, -0.15) is 0 Å². The molecule has 0 aliphatic carbocycles. The molecule has 0 saturated heterocycles. The standard InChI is InChI=1S/C29H32N2/c1-6-22-12-14-23(15-13-22)25-18-26(20(2)3)28(27(19-25)21(4)5)31-17-16-30-29(31)24-10-8-7-9-11-24/h7-21H,6H2,1-5H3. The van der Waals surface area contributed by atoms with Crippen molar-refractivity contribution >= 4 is 0 Å². The summed E-state index contributed by atoms with van der Waals surface area (Å²) in [6.07, 6.45) is 5.08. The molecule has 0 atom stereocenters. The van der Waals surface area contributed by atoms with Crippen molar-refractivity contribution in [1.82, 2.24) is 9.55 Å². The molecule has 1 aromatic heterocycles. The molecule has 3 aromatic carbocycles. The zero-order chi connectivity index (χ0) is 22.0. The van der Waals surface area contributed by atoms with Crippen molar-refractivity contribution < 1.29 is 0 Å². The maximum absolute atomic E-state index is 4.73. The van der Waals surface area contributed by atoms with Gasteiger partial charge in [0.05, 0.1) is 5.69 Å². The van der Waals surface area contributed by atoms with Gasteiger partial charge in [0, 0.05) is 18.0 Å². The second-order valence-corrected chi connectivity index (χ2v) is 8.85. The van der Waals surface area contributed by atoms with Crippen molar-refractivity contribution in [2.24, 2.45) is 0 Å². The molecule has 1 heterocycles. The van der Waals surface area contributed by atoms with Crippen molar-refractivity contribution in [2.75, 3.05) is 0 Å². The van der Waals surface area contributed by atoms with E-state index in [9.17, 15) is 0 Å². The third-order valence-corrected chi connectivity index (χ3v) is 6.02. The van der Waals surface area contributed by atoms with E-state index in [1.54, 1.807) is 0 Å². The minimum Gasteiger partial charge on any atom is -0.299 e. The van der Waals surface area contributed by atoms with Crippen LogP contribution >= 0.6 is 0 Å². The van der Waals surface area contributed by atoms with Gasteiger partial charge in [0.15, 0.2) is 0 Å². The molecular formula is C29H32N2. The zero-order valence-corrected chi connectivity index (χ0v) is 19.3. The SMILES string of the molecule is CCc1ccc(-c2cc(C(C)C)c(-n3ccnc3-c3ccccc3)c(C(C)C)c2)cc1. The van der Waals surface area contributed by atoms with Gasteiger partial charge in [-0.05, 0) is 58.2 Å². The quantitative estimate of drug-likeness (QED) is 0.316. The Morgan fingerprint density at radius 2 is 1.35 bits per heavy atom. The summed E-state index contributed by atoms with van der Waals surface area (Å²) >= 11 is 0. The van der Waals surface area contributed by atoms with E-state index in [0.29, 0.717) is 11.8 Å². The Kier molecular flexibility index (Phi) is 6.08. The summed E-state index contributed by atoms with van der Waals surface area (Å²) in [6.45, 7) is 11.3. The van der Waals surface area contributed by atoms with Crippen molar-refractivity contribution in [3.8, 4) is 28.2 Å². The number of imidazole rings is 1. The second-order valence-electron chi connectivity index (χ2n) is 8.85. The van der Waals surface area contributed by atoms with E-state index in [1.165, 1.54) is 33.5 Å². The molecule has 0 radical (unpaired) electrons. The van der Waals surface area contributed by atoms with Crippen LogP contribution in [0.25, 0.3) is 28.2 Å². The number of hydrogen-bond acceptors (Lipinski definition) is 1. The maximum Gasteiger partial charge on any atom is 0.144 e. The first-order valence-corrected chi connectivity index (χ1v) is 11.4. The van der Waals surface area contributed by atoms with Gasteiger partial charge in [0.2, 0.25) is 0 Å². The first-order valence-electron chi connectivity index (χ1n) is 11.4. The van der Waals surface area contributed by atoms with Gasteiger partial charge in [0.25, 0.3) is 0 Å². The lowest BCUT2D eigenvalue weighted by molar-refractivity contribution is 0.807. The average Bonchev–Trinajstić information content (AvgIpc) is 3.28. The van der Waals surface area contributed by atoms with E-state index < -0.39 is 0 Å². The number of aromatic nitrogens is 2. The molecule has 0 bridgehead atoms. The number of hydrogen-bond donors (Lipinski definition) is 0. The van der Waals surface area contributed by atoms with Crippen LogP contribution in [-0.2, 0) is 6.42 Å². The Balaban J connectivity index is 1.94. The lowest BCUT2D eigenvalue weighted by Crippen LogP contribution is -2.08. The van der Waals surface area contributed by atoms with Crippen LogP contribution in [0.4, 0.5) is 0 Å². The minimum atomic E-state index is 0.397. The first kappa shape index (κ1) is 21.1. The monoisotopic (exact) mass is 408 g/mol. The van der Waals surface area contributed by atoms with Gasteiger partial charge in [-0.15, -0.1) is 0 Å². The highest BCUT2D eigenvalue weighted by molar-refractivity contribution is 5.71. The zero-order valence-electron chi connectivity index (χ0n) is 19.3. The van der Waals surface area contributed by atoms with E-state index in [2.05, 4.69) is 112 Å². The van der Waals surface area contributed by atoms with Crippen molar-refractivity contribution in [1.29, 1.82) is 0 Å². The van der Waals surface area contributed by atoms with Gasteiger partial charge in [-0.1, -0.05) is 89.2 Å². The van der Waals surface area contributed by atoms with Crippen molar-refractivity contribution in [3.63, 3.8) is 0 Å². The van der Waals surface area contributed by atoms with Gasteiger partial charge in [0.1, 0.15) is 5.82 Å². The van der Waals surface area contributed by atoms with Crippen LogP contribution in [0.2, 0.25) is 0 Å². The molecular weight excluding hydrogens is 376 g/mol. The Morgan fingerprint density at radius 1 is 0.742 bits per heavy atom. The Morgan fingerprint density at radius 3 is 1.90 bits per heavy atom.